The summed E-state index contributed by atoms with van der Waals surface area (Å²) in [5.74, 6) is 1.78. The molecule has 1 heterocycles. The van der Waals surface area contributed by atoms with Crippen LogP contribution >= 0.6 is 11.8 Å². The first-order valence-corrected chi connectivity index (χ1v) is 14.9. The Morgan fingerprint density at radius 2 is 1.66 bits per heavy atom. The second-order valence-corrected chi connectivity index (χ2v) is 15.6. The topological polar surface area (TPSA) is 30.8 Å². The van der Waals surface area contributed by atoms with E-state index in [0.717, 1.165) is 22.6 Å². The van der Waals surface area contributed by atoms with Gasteiger partial charge in [0.15, 0.2) is 14.2 Å². The van der Waals surface area contributed by atoms with E-state index in [-0.39, 0.29) is 17.2 Å². The second-order valence-electron chi connectivity index (χ2n) is 9.74. The van der Waals surface area contributed by atoms with Crippen LogP contribution in [0, 0.1) is 30.4 Å². The molecule has 5 heteroatoms. The van der Waals surface area contributed by atoms with E-state index in [0.29, 0.717) is 6.61 Å². The number of hydrogen-bond acceptors (Lipinski definition) is 4. The van der Waals surface area contributed by atoms with Crippen LogP contribution in [0.2, 0.25) is 18.1 Å². The number of rotatable bonds is 7. The lowest BCUT2D eigenvalue weighted by molar-refractivity contribution is 0.137. The van der Waals surface area contributed by atoms with Crippen LogP contribution in [-0.2, 0) is 9.16 Å². The van der Waals surface area contributed by atoms with Crippen molar-refractivity contribution in [2.75, 3.05) is 6.61 Å². The lowest BCUT2D eigenvalue weighted by atomic mass is 10.0. The third-order valence-electron chi connectivity index (χ3n) is 6.36. The molecule has 1 aliphatic heterocycles. The molecule has 2 aromatic rings. The van der Waals surface area contributed by atoms with Gasteiger partial charge in [0, 0.05) is 4.90 Å². The van der Waals surface area contributed by atoms with Crippen LogP contribution in [-0.4, -0.2) is 26.9 Å². The van der Waals surface area contributed by atoms with Crippen molar-refractivity contribution in [2.24, 2.45) is 4.99 Å². The molecule has 1 saturated carbocycles. The molecule has 0 unspecified atom stereocenters. The Morgan fingerprint density at radius 1 is 1.00 bits per heavy atom. The van der Waals surface area contributed by atoms with Gasteiger partial charge in [0.25, 0.3) is 0 Å². The molecule has 2 atom stereocenters. The van der Waals surface area contributed by atoms with Gasteiger partial charge in [-0.25, -0.2) is 4.99 Å². The minimum Gasteiger partial charge on any atom is -0.478 e. The van der Waals surface area contributed by atoms with E-state index in [1.807, 2.05) is 12.1 Å². The second kappa shape index (κ2) is 9.74. The van der Waals surface area contributed by atoms with Crippen molar-refractivity contribution in [3.8, 4) is 0 Å². The Kier molecular flexibility index (Phi) is 7.18. The van der Waals surface area contributed by atoms with Gasteiger partial charge in [-0.15, -0.1) is 11.8 Å². The third-order valence-corrected chi connectivity index (χ3v) is 11.9. The Balaban J connectivity index is 1.55. The summed E-state index contributed by atoms with van der Waals surface area (Å²) in [6, 6.07) is 20.8. The summed E-state index contributed by atoms with van der Waals surface area (Å²) in [6.07, 6.45) is 6.18. The zero-order valence-corrected chi connectivity index (χ0v) is 21.4. The predicted octanol–water partition coefficient (Wildman–Crippen LogP) is 7.07. The lowest BCUT2D eigenvalue weighted by Gasteiger charge is -2.40. The highest BCUT2D eigenvalue weighted by molar-refractivity contribution is 8.02. The fourth-order valence-corrected chi connectivity index (χ4v) is 5.72. The highest BCUT2D eigenvalue weighted by Crippen LogP contribution is 2.47. The Hall–Kier alpha value is -1.56. The summed E-state index contributed by atoms with van der Waals surface area (Å²) < 4.78 is 13.1. The largest absolute Gasteiger partial charge is 0.478 e. The monoisotopic (exact) mass is 462 g/mol. The van der Waals surface area contributed by atoms with Crippen LogP contribution in [0.25, 0.3) is 0 Å². The maximum Gasteiger partial charge on any atom is 0.193 e. The highest BCUT2D eigenvalue weighted by Gasteiger charge is 2.44. The Bertz CT molecular complexity index is 910. The molecule has 3 nitrogen and oxygen atoms in total. The molecule has 0 amide bonds. The number of hydrogen-bond donors (Lipinski definition) is 0. The molecule has 5 radical (unpaired) electrons. The van der Waals surface area contributed by atoms with Crippen LogP contribution in [0.3, 0.4) is 0 Å². The van der Waals surface area contributed by atoms with Crippen LogP contribution in [0.1, 0.15) is 32.4 Å². The quantitative estimate of drug-likeness (QED) is 0.412. The highest BCUT2D eigenvalue weighted by atomic mass is 32.2. The van der Waals surface area contributed by atoms with Gasteiger partial charge in [0.2, 0.25) is 0 Å². The average Bonchev–Trinajstić information content (AvgIpc) is 3.42. The van der Waals surface area contributed by atoms with Gasteiger partial charge < -0.3 is 9.16 Å². The van der Waals surface area contributed by atoms with Crippen molar-refractivity contribution in [3.05, 3.63) is 96.7 Å². The van der Waals surface area contributed by atoms with Gasteiger partial charge in [0.1, 0.15) is 12.6 Å². The van der Waals surface area contributed by atoms with Crippen LogP contribution in [0.4, 0.5) is 0 Å². The maximum absolute atomic E-state index is 6.91. The van der Waals surface area contributed by atoms with Crippen LogP contribution in [0.5, 0.6) is 0 Å². The fraction of sp³-hybridized carbons (Fsp3) is 0.333. The van der Waals surface area contributed by atoms with Crippen LogP contribution < -0.4 is 0 Å². The van der Waals surface area contributed by atoms with E-state index in [4.69, 9.17) is 14.2 Å². The van der Waals surface area contributed by atoms with Crippen molar-refractivity contribution >= 4 is 26.0 Å². The Labute approximate surface area is 199 Å². The van der Waals surface area contributed by atoms with Crippen molar-refractivity contribution < 1.29 is 9.16 Å². The molecule has 0 spiro atoms. The van der Waals surface area contributed by atoms with E-state index in [1.165, 1.54) is 4.90 Å². The summed E-state index contributed by atoms with van der Waals surface area (Å²) in [7, 11) is -2.00. The minimum absolute atomic E-state index is 0.0639. The van der Waals surface area contributed by atoms with Crippen molar-refractivity contribution in [1.82, 2.24) is 0 Å². The molecule has 2 aliphatic rings. The molecule has 167 valence electrons. The zero-order chi connectivity index (χ0) is 22.8. The first kappa shape index (κ1) is 23.6. The average molecular weight is 463 g/mol. The number of ether oxygens (including phenoxy) is 1. The SMILES string of the molecule is CC(C)(C)[Si](C)(C)O[C@@H](c1ccccc1)[C@@H]1COC([C]2[CH][CH][CH][C]2Sc2ccccc2)=N1. The number of benzene rings is 2. The first-order valence-electron chi connectivity index (χ1n) is 11.2. The van der Waals surface area contributed by atoms with Crippen molar-refractivity contribution in [3.63, 3.8) is 0 Å². The molecular formula is C27H32NO2SSi. The standard InChI is InChI=1S/C27H32NO2SSi/c1-27(2,3)32(4,5)30-25(20-13-8-6-9-14-20)23-19-29-26(28-23)22-17-12-18-24(22)31-21-15-10-7-11-16-21/h6-18,23,25H,19H2,1-5H3/t23-,25-/m0/s1. The summed E-state index contributed by atoms with van der Waals surface area (Å²) in [5.41, 5.74) is 1.16. The minimum atomic E-state index is -2.00. The molecule has 4 rings (SSSR count). The number of thioether (sulfide) groups is 1. The fourth-order valence-electron chi connectivity index (χ4n) is 3.48. The molecule has 2 aromatic carbocycles. The number of nitrogens with zero attached hydrogens (tertiary/aromatic N) is 1. The van der Waals surface area contributed by atoms with E-state index < -0.39 is 8.32 Å². The van der Waals surface area contributed by atoms with Crippen LogP contribution in [0.15, 0.2) is 70.6 Å². The smallest absolute Gasteiger partial charge is 0.193 e. The summed E-state index contributed by atoms with van der Waals surface area (Å²) in [5, 5.41) is 1.29. The van der Waals surface area contributed by atoms with Crippen molar-refractivity contribution in [1.29, 1.82) is 0 Å². The summed E-state index contributed by atoms with van der Waals surface area (Å²) >= 11 is 1.74. The van der Waals surface area contributed by atoms with Gasteiger partial charge in [-0.05, 0) is 55.1 Å². The molecular weight excluding hydrogens is 430 g/mol. The molecule has 0 N–H and O–H groups in total. The van der Waals surface area contributed by atoms with Gasteiger partial charge in [-0.1, -0.05) is 69.3 Å². The number of aliphatic imine (C=N–C) groups is 1. The Morgan fingerprint density at radius 3 is 2.31 bits per heavy atom. The summed E-state index contributed by atoms with van der Waals surface area (Å²) in [4.78, 5) is 6.26. The molecule has 0 saturated heterocycles. The normalized spacial score (nSPS) is 21.4. The van der Waals surface area contributed by atoms with E-state index in [9.17, 15) is 0 Å². The van der Waals surface area contributed by atoms with Gasteiger partial charge >= 0.3 is 0 Å². The maximum atomic E-state index is 6.91. The van der Waals surface area contributed by atoms with E-state index in [1.54, 1.807) is 11.8 Å². The van der Waals surface area contributed by atoms with E-state index in [2.05, 4.69) is 102 Å². The first-order chi connectivity index (χ1) is 15.2. The van der Waals surface area contributed by atoms with Crippen molar-refractivity contribution in [2.45, 2.75) is 55.9 Å². The van der Waals surface area contributed by atoms with Gasteiger partial charge in [-0.3, -0.25) is 0 Å². The third kappa shape index (κ3) is 5.32. The molecule has 0 aromatic heterocycles. The molecule has 0 bridgehead atoms. The van der Waals surface area contributed by atoms with Gasteiger partial charge in [-0.2, -0.15) is 0 Å². The summed E-state index contributed by atoms with van der Waals surface area (Å²) in [6.45, 7) is 12.0. The molecule has 1 aliphatic carbocycles. The van der Waals surface area contributed by atoms with E-state index >= 15 is 0 Å². The molecule has 32 heavy (non-hydrogen) atoms. The predicted molar refractivity (Wildman–Crippen MR) is 136 cm³/mol. The molecule has 1 fully saturated rings. The lowest BCUT2D eigenvalue weighted by Crippen LogP contribution is -2.44. The van der Waals surface area contributed by atoms with Gasteiger partial charge in [0.05, 0.1) is 17.3 Å². The zero-order valence-electron chi connectivity index (χ0n) is 19.5.